The molecule has 0 radical (unpaired) electrons. The highest BCUT2D eigenvalue weighted by Crippen LogP contribution is 2.23. The first-order valence-electron chi connectivity index (χ1n) is 6.59. The van der Waals surface area contributed by atoms with Crippen molar-refractivity contribution < 1.29 is 9.59 Å². The molecule has 0 heterocycles. The van der Waals surface area contributed by atoms with Crippen LogP contribution in [-0.2, 0) is 4.79 Å². The van der Waals surface area contributed by atoms with Crippen molar-refractivity contribution >= 4 is 41.7 Å². The molecule has 1 unspecified atom stereocenters. The minimum atomic E-state index is -1.01. The molecule has 0 spiro atoms. The van der Waals surface area contributed by atoms with Gasteiger partial charge in [-0.25, -0.2) is 5.43 Å². The Morgan fingerprint density at radius 3 is 2.48 bits per heavy atom. The summed E-state index contributed by atoms with van der Waals surface area (Å²) in [5.74, 6) is -1.01. The summed E-state index contributed by atoms with van der Waals surface area (Å²) in [4.78, 5) is 24.5. The van der Waals surface area contributed by atoms with Crippen LogP contribution < -0.4 is 10.7 Å². The number of hydrogen-bond acceptors (Lipinski definition) is 3. The van der Waals surface area contributed by atoms with E-state index in [-0.39, 0.29) is 0 Å². The Hall–Kier alpha value is -2.37. The first-order valence-corrected chi connectivity index (χ1v) is 7.35. The van der Waals surface area contributed by atoms with Gasteiger partial charge in [0.1, 0.15) is 6.04 Å². The zero-order chi connectivity index (χ0) is 16.8. The topological polar surface area (TPSA) is 70.6 Å². The highest BCUT2D eigenvalue weighted by molar-refractivity contribution is 6.32. The Morgan fingerprint density at radius 1 is 1.09 bits per heavy atom. The lowest BCUT2D eigenvalue weighted by Gasteiger charge is -2.18. The van der Waals surface area contributed by atoms with Crippen LogP contribution in [0.3, 0.4) is 0 Å². The summed E-state index contributed by atoms with van der Waals surface area (Å²) in [6.45, 7) is 3.20. The molecule has 0 aliphatic carbocycles. The van der Waals surface area contributed by atoms with Crippen molar-refractivity contribution in [3.8, 4) is 0 Å². The van der Waals surface area contributed by atoms with E-state index in [1.807, 2.05) is 0 Å². The Bertz CT molecular complexity index is 750. The fourth-order valence-corrected chi connectivity index (χ4v) is 2.42. The average molecular weight is 350 g/mol. The van der Waals surface area contributed by atoms with Gasteiger partial charge in [0.15, 0.2) is 0 Å². The summed E-state index contributed by atoms with van der Waals surface area (Å²) >= 11 is 12.0. The van der Waals surface area contributed by atoms with E-state index in [1.54, 1.807) is 42.5 Å². The average Bonchev–Trinajstić information content (AvgIpc) is 2.53. The van der Waals surface area contributed by atoms with E-state index < -0.39 is 17.9 Å². The maximum absolute atomic E-state index is 12.4. The van der Waals surface area contributed by atoms with Gasteiger partial charge in [-0.05, 0) is 24.3 Å². The van der Waals surface area contributed by atoms with Crippen LogP contribution in [0.15, 0.2) is 53.6 Å². The van der Waals surface area contributed by atoms with Crippen LogP contribution in [0.25, 0.3) is 0 Å². The number of hydrazone groups is 1. The summed E-state index contributed by atoms with van der Waals surface area (Å²) in [5.41, 5.74) is 2.99. The third-order valence-electron chi connectivity index (χ3n) is 3.03. The van der Waals surface area contributed by atoms with Crippen molar-refractivity contribution in [3.05, 3.63) is 69.7 Å². The Balaban J connectivity index is 2.31. The minimum Gasteiger partial charge on any atom is -0.336 e. The van der Waals surface area contributed by atoms with Crippen LogP contribution in [0.5, 0.6) is 0 Å². The first kappa shape index (κ1) is 17.0. The smallest absolute Gasteiger partial charge is 0.267 e. The summed E-state index contributed by atoms with van der Waals surface area (Å²) in [7, 11) is 0. The lowest BCUT2D eigenvalue weighted by molar-refractivity contribution is -0.123. The zero-order valence-corrected chi connectivity index (χ0v) is 13.4. The number of nitrogens with one attached hydrogen (secondary N) is 2. The van der Waals surface area contributed by atoms with Crippen molar-refractivity contribution in [2.24, 2.45) is 5.10 Å². The normalized spacial score (nSPS) is 11.4. The molecule has 2 aromatic rings. The summed E-state index contributed by atoms with van der Waals surface area (Å²) in [6.07, 6.45) is 0. The quantitative estimate of drug-likeness (QED) is 0.642. The fourth-order valence-electron chi connectivity index (χ4n) is 1.98. The van der Waals surface area contributed by atoms with Crippen LogP contribution in [0, 0.1) is 0 Å². The van der Waals surface area contributed by atoms with Crippen LogP contribution in [-0.4, -0.2) is 18.5 Å². The zero-order valence-electron chi connectivity index (χ0n) is 11.9. The molecular formula is C16H13Cl2N3O2. The van der Waals surface area contributed by atoms with Gasteiger partial charge in [-0.1, -0.05) is 47.5 Å². The van der Waals surface area contributed by atoms with E-state index in [0.717, 1.165) is 0 Å². The van der Waals surface area contributed by atoms with Crippen molar-refractivity contribution in [3.63, 3.8) is 0 Å². The first-order chi connectivity index (χ1) is 11.0. The molecule has 5 nitrogen and oxygen atoms in total. The van der Waals surface area contributed by atoms with Crippen molar-refractivity contribution in [2.45, 2.75) is 6.04 Å². The molecule has 2 amide bonds. The molecule has 2 aromatic carbocycles. The monoisotopic (exact) mass is 349 g/mol. The number of halogens is 2. The predicted molar refractivity (Wildman–Crippen MR) is 90.8 cm³/mol. The molecular weight excluding hydrogens is 337 g/mol. The van der Waals surface area contributed by atoms with E-state index in [0.29, 0.717) is 21.2 Å². The summed E-state index contributed by atoms with van der Waals surface area (Å²) in [6, 6.07) is 12.1. The number of benzene rings is 2. The molecule has 0 fully saturated rings. The molecule has 1 atom stereocenters. The van der Waals surface area contributed by atoms with Gasteiger partial charge in [-0.2, -0.15) is 5.10 Å². The molecule has 2 rings (SSSR count). The van der Waals surface area contributed by atoms with Gasteiger partial charge in [0.05, 0.1) is 0 Å². The molecule has 0 aromatic heterocycles. The molecule has 7 heteroatoms. The number of hydrogen-bond donors (Lipinski definition) is 2. The number of amides is 2. The number of nitrogens with zero attached hydrogens (tertiary/aromatic N) is 1. The van der Waals surface area contributed by atoms with E-state index in [2.05, 4.69) is 22.6 Å². The SMILES string of the molecule is C=NNC(=O)C(NC(=O)c1cccc(Cl)c1)c1ccccc1Cl. The summed E-state index contributed by atoms with van der Waals surface area (Å²) < 4.78 is 0. The Kier molecular flexibility index (Phi) is 5.73. The van der Waals surface area contributed by atoms with Gasteiger partial charge < -0.3 is 5.32 Å². The van der Waals surface area contributed by atoms with Gasteiger partial charge in [0.2, 0.25) is 0 Å². The fraction of sp³-hybridized carbons (Fsp3) is 0.0625. The van der Waals surface area contributed by atoms with Crippen LogP contribution in [0.1, 0.15) is 22.0 Å². The second kappa shape index (κ2) is 7.76. The van der Waals surface area contributed by atoms with Crippen LogP contribution in [0.2, 0.25) is 10.0 Å². The van der Waals surface area contributed by atoms with E-state index >= 15 is 0 Å². The van der Waals surface area contributed by atoms with Gasteiger partial charge >= 0.3 is 0 Å². The molecule has 23 heavy (non-hydrogen) atoms. The molecule has 0 aliphatic heterocycles. The third-order valence-corrected chi connectivity index (χ3v) is 3.61. The maximum atomic E-state index is 12.4. The van der Waals surface area contributed by atoms with Gasteiger partial charge in [0, 0.05) is 27.9 Å². The Labute approximate surface area is 143 Å². The second-order valence-electron chi connectivity index (χ2n) is 4.57. The molecule has 118 valence electrons. The highest BCUT2D eigenvalue weighted by atomic mass is 35.5. The predicted octanol–water partition coefficient (Wildman–Crippen LogP) is 3.20. The van der Waals surface area contributed by atoms with Crippen LogP contribution in [0.4, 0.5) is 0 Å². The van der Waals surface area contributed by atoms with Crippen molar-refractivity contribution in [2.75, 3.05) is 0 Å². The third kappa shape index (κ3) is 4.31. The lowest BCUT2D eigenvalue weighted by atomic mass is 10.1. The maximum Gasteiger partial charge on any atom is 0.267 e. The van der Waals surface area contributed by atoms with Gasteiger partial charge in [-0.3, -0.25) is 9.59 Å². The number of rotatable bonds is 5. The molecule has 0 bridgehead atoms. The minimum absolute atomic E-state index is 0.328. The highest BCUT2D eigenvalue weighted by Gasteiger charge is 2.25. The lowest BCUT2D eigenvalue weighted by Crippen LogP contribution is -2.38. The van der Waals surface area contributed by atoms with Gasteiger partial charge in [-0.15, -0.1) is 0 Å². The van der Waals surface area contributed by atoms with E-state index in [1.165, 1.54) is 6.07 Å². The van der Waals surface area contributed by atoms with Crippen molar-refractivity contribution in [1.29, 1.82) is 0 Å². The number of carbonyl (C=O) groups is 2. The Morgan fingerprint density at radius 2 is 1.83 bits per heavy atom. The second-order valence-corrected chi connectivity index (χ2v) is 5.42. The van der Waals surface area contributed by atoms with Crippen LogP contribution >= 0.6 is 23.2 Å². The van der Waals surface area contributed by atoms with E-state index in [4.69, 9.17) is 23.2 Å². The van der Waals surface area contributed by atoms with E-state index in [9.17, 15) is 9.59 Å². The summed E-state index contributed by atoms with van der Waals surface area (Å²) in [5, 5.41) is 6.73. The van der Waals surface area contributed by atoms with Gasteiger partial charge in [0.25, 0.3) is 11.8 Å². The molecule has 2 N–H and O–H groups in total. The molecule has 0 aliphatic rings. The molecule has 0 saturated carbocycles. The molecule has 0 saturated heterocycles. The standard InChI is InChI=1S/C16H13Cl2N3O2/c1-19-21-16(23)14(12-7-2-3-8-13(12)18)20-15(22)10-5-4-6-11(17)9-10/h2-9,14H,1H2,(H,20,22)(H,21,23). The largest absolute Gasteiger partial charge is 0.336 e. The van der Waals surface area contributed by atoms with Crippen molar-refractivity contribution in [1.82, 2.24) is 10.7 Å². The number of carbonyl (C=O) groups excluding carboxylic acids is 2.